The molecule has 3 rings (SSSR count). The number of piperidine rings is 2. The molecule has 0 aliphatic carbocycles. The normalized spacial score (nSPS) is 21.8. The van der Waals surface area contributed by atoms with Gasteiger partial charge in [0.1, 0.15) is 0 Å². The first kappa shape index (κ1) is 19.0. The number of amides is 3. The molecule has 3 amide bonds. The van der Waals surface area contributed by atoms with Gasteiger partial charge in [0.15, 0.2) is 0 Å². The third kappa shape index (κ3) is 4.30. The highest BCUT2D eigenvalue weighted by Crippen LogP contribution is 2.29. The van der Waals surface area contributed by atoms with Gasteiger partial charge in [-0.3, -0.25) is 4.79 Å². The average Bonchev–Trinajstić information content (AvgIpc) is 2.65. The molecule has 0 aromatic heterocycles. The van der Waals surface area contributed by atoms with E-state index in [-0.39, 0.29) is 24.0 Å². The number of halogens is 1. The summed E-state index contributed by atoms with van der Waals surface area (Å²) in [6.45, 7) is 4.71. The minimum atomic E-state index is -0.180. The first-order chi connectivity index (χ1) is 12.6. The summed E-state index contributed by atoms with van der Waals surface area (Å²) in [7, 11) is 0. The fourth-order valence-corrected chi connectivity index (χ4v) is 3.97. The minimum absolute atomic E-state index is 0.00425. The number of benzene rings is 1. The Morgan fingerprint density at radius 1 is 1.19 bits per heavy atom. The van der Waals surface area contributed by atoms with Crippen LogP contribution in [0.5, 0.6) is 0 Å². The van der Waals surface area contributed by atoms with Gasteiger partial charge in [-0.05, 0) is 44.7 Å². The zero-order valence-electron chi connectivity index (χ0n) is 15.2. The topological polar surface area (TPSA) is 64.7 Å². The molecule has 1 aromatic carbocycles. The van der Waals surface area contributed by atoms with E-state index in [0.29, 0.717) is 18.1 Å². The molecular weight excluding hydrogens is 352 g/mol. The van der Waals surface area contributed by atoms with Crippen molar-refractivity contribution < 1.29 is 9.59 Å². The molecule has 2 aliphatic heterocycles. The van der Waals surface area contributed by atoms with Gasteiger partial charge in [-0.1, -0.05) is 23.7 Å². The number of hydrogen-bond donors (Lipinski definition) is 2. The Bertz CT molecular complexity index is 646. The van der Waals surface area contributed by atoms with Crippen molar-refractivity contribution in [2.24, 2.45) is 0 Å². The second-order valence-corrected chi connectivity index (χ2v) is 7.31. The van der Waals surface area contributed by atoms with Crippen molar-refractivity contribution in [3.05, 3.63) is 29.3 Å². The molecule has 1 aromatic rings. The summed E-state index contributed by atoms with van der Waals surface area (Å²) >= 11 is 6.28. The van der Waals surface area contributed by atoms with Crippen molar-refractivity contribution in [3.63, 3.8) is 0 Å². The van der Waals surface area contributed by atoms with Gasteiger partial charge in [0.2, 0.25) is 5.91 Å². The van der Waals surface area contributed by atoms with Crippen LogP contribution < -0.4 is 15.5 Å². The predicted molar refractivity (Wildman–Crippen MR) is 104 cm³/mol. The van der Waals surface area contributed by atoms with Crippen molar-refractivity contribution in [3.8, 4) is 0 Å². The Morgan fingerprint density at radius 2 is 1.92 bits per heavy atom. The highest BCUT2D eigenvalue weighted by molar-refractivity contribution is 6.33. The zero-order chi connectivity index (χ0) is 18.5. The molecule has 2 N–H and O–H groups in total. The number of urea groups is 1. The summed E-state index contributed by atoms with van der Waals surface area (Å²) in [5, 5.41) is 6.97. The fraction of sp³-hybridized carbons (Fsp3) is 0.579. The van der Waals surface area contributed by atoms with E-state index in [1.807, 2.05) is 36.1 Å². The molecule has 1 atom stereocenters. The van der Waals surface area contributed by atoms with Crippen LogP contribution in [0.2, 0.25) is 5.02 Å². The molecule has 6 nitrogen and oxygen atoms in total. The van der Waals surface area contributed by atoms with Crippen LogP contribution in [0.4, 0.5) is 10.5 Å². The number of hydrogen-bond acceptors (Lipinski definition) is 3. The van der Waals surface area contributed by atoms with E-state index in [1.54, 1.807) is 4.90 Å². The number of likely N-dealkylation sites (tertiary alicyclic amines) is 1. The summed E-state index contributed by atoms with van der Waals surface area (Å²) in [6, 6.07) is 7.58. The Morgan fingerprint density at radius 3 is 2.62 bits per heavy atom. The number of carbonyl (C=O) groups is 2. The molecule has 2 heterocycles. The molecule has 0 unspecified atom stereocenters. The smallest absolute Gasteiger partial charge is 0.317 e. The van der Waals surface area contributed by atoms with Crippen LogP contribution in [-0.4, -0.2) is 55.1 Å². The Hall–Kier alpha value is -1.79. The minimum Gasteiger partial charge on any atom is -0.338 e. The van der Waals surface area contributed by atoms with Gasteiger partial charge < -0.3 is 20.4 Å². The van der Waals surface area contributed by atoms with E-state index in [2.05, 4.69) is 10.6 Å². The van der Waals surface area contributed by atoms with Crippen molar-refractivity contribution in [2.75, 3.05) is 31.1 Å². The lowest BCUT2D eigenvalue weighted by Gasteiger charge is -2.38. The van der Waals surface area contributed by atoms with Gasteiger partial charge in [-0.25, -0.2) is 4.79 Å². The van der Waals surface area contributed by atoms with E-state index in [4.69, 9.17) is 11.6 Å². The van der Waals surface area contributed by atoms with Crippen molar-refractivity contribution >= 4 is 29.2 Å². The third-order valence-corrected chi connectivity index (χ3v) is 5.45. The van der Waals surface area contributed by atoms with Crippen molar-refractivity contribution in [1.82, 2.24) is 15.5 Å². The standard InChI is InChI=1S/C19H27ClN4O2/c1-2-21-19(26)23-12-9-14(10-13-23)22-16-7-5-11-24(18(16)25)17-8-4-3-6-15(17)20/h3-4,6,8,14,16,22H,2,5,7,9-13H2,1H3,(H,21,26)/t16-/m0/s1. The van der Waals surface area contributed by atoms with Crippen LogP contribution in [0.15, 0.2) is 24.3 Å². The van der Waals surface area contributed by atoms with E-state index in [0.717, 1.165) is 44.5 Å². The highest BCUT2D eigenvalue weighted by atomic mass is 35.5. The van der Waals surface area contributed by atoms with E-state index < -0.39 is 0 Å². The van der Waals surface area contributed by atoms with Gasteiger partial charge in [0.05, 0.1) is 16.8 Å². The van der Waals surface area contributed by atoms with E-state index in [9.17, 15) is 9.59 Å². The maximum atomic E-state index is 12.9. The summed E-state index contributed by atoms with van der Waals surface area (Å²) in [6.07, 6.45) is 3.53. The molecule has 0 bridgehead atoms. The number of nitrogens with zero attached hydrogens (tertiary/aromatic N) is 2. The molecule has 0 saturated carbocycles. The molecule has 2 aliphatic rings. The summed E-state index contributed by atoms with van der Waals surface area (Å²) in [5.74, 6) is 0.0931. The monoisotopic (exact) mass is 378 g/mol. The number of rotatable bonds is 4. The van der Waals surface area contributed by atoms with Gasteiger partial charge in [0, 0.05) is 32.2 Å². The number of anilines is 1. The molecule has 26 heavy (non-hydrogen) atoms. The Kier molecular flexibility index (Phi) is 6.38. The van der Waals surface area contributed by atoms with Crippen LogP contribution in [0.1, 0.15) is 32.6 Å². The predicted octanol–water partition coefficient (Wildman–Crippen LogP) is 2.62. The van der Waals surface area contributed by atoms with Crippen LogP contribution in [0.3, 0.4) is 0 Å². The first-order valence-electron chi connectivity index (χ1n) is 9.45. The quantitative estimate of drug-likeness (QED) is 0.846. The maximum absolute atomic E-state index is 12.9. The van der Waals surface area contributed by atoms with Crippen LogP contribution in [0.25, 0.3) is 0 Å². The largest absolute Gasteiger partial charge is 0.338 e. The average molecular weight is 379 g/mol. The maximum Gasteiger partial charge on any atom is 0.317 e. The van der Waals surface area contributed by atoms with Crippen LogP contribution in [0, 0.1) is 0 Å². The van der Waals surface area contributed by atoms with Crippen LogP contribution in [-0.2, 0) is 4.79 Å². The van der Waals surface area contributed by atoms with Gasteiger partial charge in [0.25, 0.3) is 0 Å². The molecule has 0 spiro atoms. The lowest BCUT2D eigenvalue weighted by molar-refractivity contribution is -0.122. The van der Waals surface area contributed by atoms with E-state index >= 15 is 0 Å². The van der Waals surface area contributed by atoms with Crippen molar-refractivity contribution in [1.29, 1.82) is 0 Å². The SMILES string of the molecule is CCNC(=O)N1CCC(N[C@H]2CCCN(c3ccccc3Cl)C2=O)CC1. The van der Waals surface area contributed by atoms with Crippen LogP contribution >= 0.6 is 11.6 Å². The molecule has 7 heteroatoms. The first-order valence-corrected chi connectivity index (χ1v) is 9.82. The third-order valence-electron chi connectivity index (χ3n) is 5.13. The number of carbonyl (C=O) groups excluding carboxylic acids is 2. The van der Waals surface area contributed by atoms with Gasteiger partial charge in [-0.2, -0.15) is 0 Å². The number of nitrogens with one attached hydrogen (secondary N) is 2. The fourth-order valence-electron chi connectivity index (χ4n) is 3.74. The molecular formula is C19H27ClN4O2. The zero-order valence-corrected chi connectivity index (χ0v) is 16.0. The Labute approximate surface area is 159 Å². The molecule has 2 fully saturated rings. The lowest BCUT2D eigenvalue weighted by atomic mass is 9.99. The number of para-hydroxylation sites is 1. The van der Waals surface area contributed by atoms with Crippen molar-refractivity contribution in [2.45, 2.75) is 44.7 Å². The molecule has 0 radical (unpaired) electrons. The highest BCUT2D eigenvalue weighted by Gasteiger charge is 2.33. The second-order valence-electron chi connectivity index (χ2n) is 6.90. The summed E-state index contributed by atoms with van der Waals surface area (Å²) in [5.41, 5.74) is 0.789. The van der Waals surface area contributed by atoms with E-state index in [1.165, 1.54) is 0 Å². The summed E-state index contributed by atoms with van der Waals surface area (Å²) in [4.78, 5) is 28.5. The Balaban J connectivity index is 1.56. The van der Waals surface area contributed by atoms with Gasteiger partial charge >= 0.3 is 6.03 Å². The van der Waals surface area contributed by atoms with Gasteiger partial charge in [-0.15, -0.1) is 0 Å². The lowest BCUT2D eigenvalue weighted by Crippen LogP contribution is -2.56. The molecule has 142 valence electrons. The summed E-state index contributed by atoms with van der Waals surface area (Å²) < 4.78 is 0. The molecule has 2 saturated heterocycles. The second kappa shape index (κ2) is 8.73.